The number of halogens is 3. The van der Waals surface area contributed by atoms with E-state index >= 15 is 0 Å². The van der Waals surface area contributed by atoms with Gasteiger partial charge in [0.2, 0.25) is 10.0 Å². The molecule has 0 radical (unpaired) electrons. The average molecular weight is 391 g/mol. The van der Waals surface area contributed by atoms with Gasteiger partial charge in [-0.05, 0) is 42.5 Å². The largest absolute Gasteiger partial charge is 0.573 e. The van der Waals surface area contributed by atoms with E-state index < -0.39 is 21.1 Å². The van der Waals surface area contributed by atoms with Gasteiger partial charge in [0.25, 0.3) is 0 Å². The van der Waals surface area contributed by atoms with Gasteiger partial charge in [0, 0.05) is 20.2 Å². The lowest BCUT2D eigenvalue weighted by atomic mass is 10.0. The molecule has 0 spiro atoms. The van der Waals surface area contributed by atoms with Crippen molar-refractivity contribution >= 4 is 15.6 Å². The molecule has 0 bridgehead atoms. The smallest absolute Gasteiger partial charge is 0.406 e. The van der Waals surface area contributed by atoms with Gasteiger partial charge >= 0.3 is 6.36 Å². The summed E-state index contributed by atoms with van der Waals surface area (Å²) in [5.41, 5.74) is 1.41. The molecule has 2 aliphatic rings. The van der Waals surface area contributed by atoms with Crippen LogP contribution in [0.5, 0.6) is 5.75 Å². The SMILES string of the molecule is COCC1(S(=O)(=O)N2CC=C(c3cccc(OC(F)(F)F)c3)CC2)CC1. The minimum absolute atomic E-state index is 0.180. The first-order chi connectivity index (χ1) is 12.2. The molecular weight excluding hydrogens is 371 g/mol. The quantitative estimate of drug-likeness (QED) is 0.748. The highest BCUT2D eigenvalue weighted by Gasteiger charge is 2.56. The molecule has 1 aliphatic carbocycles. The first kappa shape index (κ1) is 19.2. The van der Waals surface area contributed by atoms with Crippen molar-refractivity contribution in [2.75, 3.05) is 26.8 Å². The van der Waals surface area contributed by atoms with E-state index in [1.165, 1.54) is 29.6 Å². The molecule has 3 rings (SSSR count). The molecule has 1 heterocycles. The lowest BCUT2D eigenvalue weighted by Gasteiger charge is -2.30. The third kappa shape index (κ3) is 3.89. The summed E-state index contributed by atoms with van der Waals surface area (Å²) in [5, 5.41) is 0. The molecule has 1 saturated carbocycles. The third-order valence-electron chi connectivity index (χ3n) is 4.71. The number of benzene rings is 1. The Bertz CT molecular complexity index is 800. The zero-order valence-corrected chi connectivity index (χ0v) is 15.1. The fourth-order valence-corrected chi connectivity index (χ4v) is 5.21. The van der Waals surface area contributed by atoms with Crippen LogP contribution in [0.3, 0.4) is 0 Å². The van der Waals surface area contributed by atoms with Crippen LogP contribution in [0.4, 0.5) is 13.2 Å². The highest BCUT2D eigenvalue weighted by atomic mass is 32.2. The van der Waals surface area contributed by atoms with E-state index in [0.717, 1.165) is 5.57 Å². The number of ether oxygens (including phenoxy) is 2. The highest BCUT2D eigenvalue weighted by molar-refractivity contribution is 7.90. The van der Waals surface area contributed by atoms with Gasteiger partial charge in [-0.15, -0.1) is 13.2 Å². The molecule has 0 atom stereocenters. The van der Waals surface area contributed by atoms with Crippen LogP contribution >= 0.6 is 0 Å². The topological polar surface area (TPSA) is 55.8 Å². The number of sulfonamides is 1. The van der Waals surface area contributed by atoms with Gasteiger partial charge in [0.1, 0.15) is 10.5 Å². The van der Waals surface area contributed by atoms with E-state index in [1.807, 2.05) is 0 Å². The van der Waals surface area contributed by atoms with Crippen molar-refractivity contribution in [3.8, 4) is 5.75 Å². The molecule has 1 fully saturated rings. The minimum atomic E-state index is -4.75. The van der Waals surface area contributed by atoms with E-state index in [0.29, 0.717) is 31.4 Å². The van der Waals surface area contributed by atoms with Crippen LogP contribution in [-0.2, 0) is 14.8 Å². The maximum atomic E-state index is 12.8. The molecule has 5 nitrogen and oxygen atoms in total. The summed E-state index contributed by atoms with van der Waals surface area (Å²) in [7, 11) is -1.97. The Labute approximate surface area is 150 Å². The van der Waals surface area contributed by atoms with Gasteiger partial charge in [-0.25, -0.2) is 8.42 Å². The summed E-state index contributed by atoms with van der Waals surface area (Å²) in [4.78, 5) is 0. The fourth-order valence-electron chi connectivity index (χ4n) is 3.18. The second kappa shape index (κ2) is 6.86. The van der Waals surface area contributed by atoms with Crippen molar-refractivity contribution in [3.05, 3.63) is 35.9 Å². The highest BCUT2D eigenvalue weighted by Crippen LogP contribution is 2.46. The van der Waals surface area contributed by atoms with E-state index in [-0.39, 0.29) is 18.9 Å². The van der Waals surface area contributed by atoms with Crippen LogP contribution in [0, 0.1) is 0 Å². The van der Waals surface area contributed by atoms with Crippen molar-refractivity contribution in [3.63, 3.8) is 0 Å². The molecule has 0 amide bonds. The predicted molar refractivity (Wildman–Crippen MR) is 90.1 cm³/mol. The standard InChI is InChI=1S/C17H20F3NO4S/c1-24-12-16(7-8-16)26(22,23)21-9-5-13(6-10-21)14-3-2-4-15(11-14)25-17(18,19)20/h2-5,11H,6-10,12H2,1H3. The Morgan fingerprint density at radius 2 is 2.00 bits per heavy atom. The molecule has 0 saturated heterocycles. The maximum absolute atomic E-state index is 12.8. The second-order valence-electron chi connectivity index (χ2n) is 6.53. The van der Waals surface area contributed by atoms with Gasteiger partial charge in [-0.2, -0.15) is 4.31 Å². The van der Waals surface area contributed by atoms with Crippen LogP contribution in [-0.4, -0.2) is 50.6 Å². The van der Waals surface area contributed by atoms with Gasteiger partial charge < -0.3 is 9.47 Å². The molecule has 1 aliphatic heterocycles. The molecule has 144 valence electrons. The Morgan fingerprint density at radius 3 is 2.54 bits per heavy atom. The van der Waals surface area contributed by atoms with Gasteiger partial charge in [-0.1, -0.05) is 18.2 Å². The molecular formula is C17H20F3NO4S. The summed E-state index contributed by atoms with van der Waals surface area (Å²) >= 11 is 0. The van der Waals surface area contributed by atoms with E-state index in [1.54, 1.807) is 12.1 Å². The molecule has 26 heavy (non-hydrogen) atoms. The summed E-state index contributed by atoms with van der Waals surface area (Å²) in [6.45, 7) is 0.677. The minimum Gasteiger partial charge on any atom is -0.406 e. The molecule has 0 N–H and O–H groups in total. The van der Waals surface area contributed by atoms with E-state index in [4.69, 9.17) is 4.74 Å². The lowest BCUT2D eigenvalue weighted by Crippen LogP contribution is -2.44. The van der Waals surface area contributed by atoms with Crippen molar-refractivity contribution in [1.82, 2.24) is 4.31 Å². The Hall–Kier alpha value is -1.58. The fraction of sp³-hybridized carbons (Fsp3) is 0.529. The number of alkyl halides is 3. The van der Waals surface area contributed by atoms with Crippen molar-refractivity contribution in [1.29, 1.82) is 0 Å². The Morgan fingerprint density at radius 1 is 1.27 bits per heavy atom. The third-order valence-corrected chi connectivity index (χ3v) is 7.34. The molecule has 9 heteroatoms. The molecule has 1 aromatic rings. The van der Waals surface area contributed by atoms with Crippen LogP contribution in [0.2, 0.25) is 0 Å². The predicted octanol–water partition coefficient (Wildman–Crippen LogP) is 3.18. The number of methoxy groups -OCH3 is 1. The number of hydrogen-bond acceptors (Lipinski definition) is 4. The number of rotatable bonds is 6. The van der Waals surface area contributed by atoms with Gasteiger partial charge in [-0.3, -0.25) is 0 Å². The first-order valence-electron chi connectivity index (χ1n) is 8.21. The zero-order chi connectivity index (χ0) is 19.0. The number of nitrogens with zero attached hydrogens (tertiary/aromatic N) is 1. The first-order valence-corrected chi connectivity index (χ1v) is 9.65. The van der Waals surface area contributed by atoms with Gasteiger partial charge in [0.05, 0.1) is 6.61 Å². The summed E-state index contributed by atoms with van der Waals surface area (Å²) in [5.74, 6) is -0.289. The van der Waals surface area contributed by atoms with E-state index in [2.05, 4.69) is 4.74 Å². The van der Waals surface area contributed by atoms with Crippen LogP contribution in [0.1, 0.15) is 24.8 Å². The maximum Gasteiger partial charge on any atom is 0.573 e. The van der Waals surface area contributed by atoms with E-state index in [9.17, 15) is 21.6 Å². The van der Waals surface area contributed by atoms with Gasteiger partial charge in [0.15, 0.2) is 0 Å². The average Bonchev–Trinajstić information content (AvgIpc) is 3.35. The molecule has 1 aromatic carbocycles. The second-order valence-corrected chi connectivity index (χ2v) is 8.87. The summed E-state index contributed by atoms with van der Waals surface area (Å²) in [6, 6.07) is 5.72. The summed E-state index contributed by atoms with van der Waals surface area (Å²) in [6.07, 6.45) is -1.39. The van der Waals surface area contributed by atoms with Crippen LogP contribution < -0.4 is 4.74 Å². The lowest BCUT2D eigenvalue weighted by molar-refractivity contribution is -0.274. The monoisotopic (exact) mass is 391 g/mol. The summed E-state index contributed by atoms with van der Waals surface area (Å²) < 4.78 is 72.3. The van der Waals surface area contributed by atoms with Crippen molar-refractivity contribution in [2.24, 2.45) is 0 Å². The normalized spacial score (nSPS) is 20.5. The van der Waals surface area contributed by atoms with Crippen molar-refractivity contribution < 1.29 is 31.1 Å². The zero-order valence-electron chi connectivity index (χ0n) is 14.3. The molecule has 0 unspecified atom stereocenters. The van der Waals surface area contributed by atoms with Crippen molar-refractivity contribution in [2.45, 2.75) is 30.4 Å². The Balaban J connectivity index is 1.73. The Kier molecular flexibility index (Phi) is 5.06. The molecule has 0 aromatic heterocycles. The van der Waals surface area contributed by atoms with Crippen LogP contribution in [0.25, 0.3) is 5.57 Å². The number of hydrogen-bond donors (Lipinski definition) is 0. The van der Waals surface area contributed by atoms with Crippen LogP contribution in [0.15, 0.2) is 30.3 Å².